The Hall–Kier alpha value is -2.89. The van der Waals surface area contributed by atoms with Crippen molar-refractivity contribution in [1.82, 2.24) is 0 Å². The summed E-state index contributed by atoms with van der Waals surface area (Å²) in [5, 5.41) is 4.27. The minimum absolute atomic E-state index is 0.136. The van der Waals surface area contributed by atoms with Gasteiger partial charge in [0.05, 0.1) is 12.8 Å². The van der Waals surface area contributed by atoms with Crippen molar-refractivity contribution >= 4 is 23.2 Å². The Morgan fingerprint density at radius 2 is 1.19 bits per heavy atom. The fraction of sp³-hybridized carbons (Fsp3) is 0.200. The first-order valence-electron chi connectivity index (χ1n) is 11.4. The molecule has 0 bridgehead atoms. The van der Waals surface area contributed by atoms with Crippen molar-refractivity contribution in [3.63, 3.8) is 0 Å². The normalized spacial score (nSPS) is 14.9. The molecule has 0 N–H and O–H groups in total. The molecule has 1 nitrogen and oxygen atoms in total. The standard InChI is InChI=1S/C30H30OP/c1-30(2)20-21-31-29-19-18-24(22-28(29)30)23-32(25-12-6-3-7-13-25,26-14-8-4-9-15-26)27-16-10-5-11-17-27/h3-19,22H,20-21,23H2,1-2H3/q+1. The summed E-state index contributed by atoms with van der Waals surface area (Å²) in [6.07, 6.45) is 2.05. The minimum atomic E-state index is -1.89. The summed E-state index contributed by atoms with van der Waals surface area (Å²) in [7, 11) is -1.89. The Morgan fingerprint density at radius 3 is 1.69 bits per heavy atom. The van der Waals surface area contributed by atoms with E-state index in [1.807, 2.05) is 0 Å². The molecule has 160 valence electrons. The van der Waals surface area contributed by atoms with E-state index in [1.54, 1.807) is 0 Å². The molecule has 32 heavy (non-hydrogen) atoms. The van der Waals surface area contributed by atoms with Crippen LogP contribution in [0.15, 0.2) is 109 Å². The van der Waals surface area contributed by atoms with Crippen molar-refractivity contribution < 1.29 is 4.74 Å². The van der Waals surface area contributed by atoms with Gasteiger partial charge in [0.1, 0.15) is 28.9 Å². The topological polar surface area (TPSA) is 9.23 Å². The number of benzene rings is 4. The smallest absolute Gasteiger partial charge is 0.123 e. The molecule has 5 rings (SSSR count). The molecule has 0 amide bonds. The summed E-state index contributed by atoms with van der Waals surface area (Å²) < 4.78 is 6.01. The van der Waals surface area contributed by atoms with Crippen molar-refractivity contribution in [2.45, 2.75) is 31.8 Å². The van der Waals surface area contributed by atoms with E-state index in [0.29, 0.717) is 0 Å². The van der Waals surface area contributed by atoms with Crippen LogP contribution in [-0.2, 0) is 11.6 Å². The molecule has 0 aliphatic carbocycles. The molecule has 0 radical (unpaired) electrons. The van der Waals surface area contributed by atoms with Crippen molar-refractivity contribution in [2.75, 3.05) is 6.61 Å². The Labute approximate surface area is 192 Å². The van der Waals surface area contributed by atoms with E-state index in [1.165, 1.54) is 27.0 Å². The third-order valence-electron chi connectivity index (χ3n) is 6.77. The van der Waals surface area contributed by atoms with Crippen LogP contribution < -0.4 is 20.7 Å². The first kappa shape index (κ1) is 21.0. The maximum Gasteiger partial charge on any atom is 0.123 e. The van der Waals surface area contributed by atoms with Crippen LogP contribution in [0.2, 0.25) is 0 Å². The summed E-state index contributed by atoms with van der Waals surface area (Å²) in [4.78, 5) is 0. The second-order valence-corrected chi connectivity index (χ2v) is 12.8. The third kappa shape index (κ3) is 3.76. The number of hydrogen-bond acceptors (Lipinski definition) is 1. The molecule has 1 heterocycles. The van der Waals surface area contributed by atoms with E-state index in [-0.39, 0.29) is 5.41 Å². The monoisotopic (exact) mass is 437 g/mol. The second-order valence-electron chi connectivity index (χ2n) is 9.29. The lowest BCUT2D eigenvalue weighted by Crippen LogP contribution is -2.32. The van der Waals surface area contributed by atoms with E-state index in [4.69, 9.17) is 4.74 Å². The Balaban J connectivity index is 1.73. The lowest BCUT2D eigenvalue weighted by atomic mass is 9.79. The van der Waals surface area contributed by atoms with Crippen LogP contribution in [-0.4, -0.2) is 6.61 Å². The quantitative estimate of drug-likeness (QED) is 0.336. The van der Waals surface area contributed by atoms with Gasteiger partial charge in [-0.25, -0.2) is 0 Å². The van der Waals surface area contributed by atoms with Gasteiger partial charge in [-0.2, -0.15) is 0 Å². The van der Waals surface area contributed by atoms with Gasteiger partial charge in [-0.05, 0) is 65.9 Å². The summed E-state index contributed by atoms with van der Waals surface area (Å²) in [6.45, 7) is 5.48. The predicted molar refractivity (Wildman–Crippen MR) is 138 cm³/mol. The maximum absolute atomic E-state index is 6.01. The molecule has 0 saturated carbocycles. The van der Waals surface area contributed by atoms with Crippen LogP contribution in [0, 0.1) is 0 Å². The zero-order chi connectivity index (χ0) is 22.0. The fourth-order valence-electron chi connectivity index (χ4n) is 4.92. The fourth-order valence-corrected chi connectivity index (χ4v) is 9.15. The van der Waals surface area contributed by atoms with E-state index in [0.717, 1.165) is 24.9 Å². The highest BCUT2D eigenvalue weighted by atomic mass is 31.2. The molecule has 0 fully saturated rings. The van der Waals surface area contributed by atoms with E-state index in [9.17, 15) is 0 Å². The number of ether oxygens (including phenoxy) is 1. The minimum Gasteiger partial charge on any atom is -0.493 e. The van der Waals surface area contributed by atoms with Gasteiger partial charge in [0.25, 0.3) is 0 Å². The molecule has 4 aromatic carbocycles. The summed E-state index contributed by atoms with van der Waals surface area (Å²) >= 11 is 0. The van der Waals surface area contributed by atoms with E-state index in [2.05, 4.69) is 123 Å². The lowest BCUT2D eigenvalue weighted by molar-refractivity contribution is 0.234. The van der Waals surface area contributed by atoms with Gasteiger partial charge in [-0.3, -0.25) is 0 Å². The van der Waals surface area contributed by atoms with Gasteiger partial charge in [-0.1, -0.05) is 74.5 Å². The van der Waals surface area contributed by atoms with Crippen molar-refractivity contribution in [3.05, 3.63) is 120 Å². The average molecular weight is 438 g/mol. The molecule has 0 unspecified atom stereocenters. The van der Waals surface area contributed by atoms with Crippen LogP contribution in [0.4, 0.5) is 0 Å². The van der Waals surface area contributed by atoms with Crippen molar-refractivity contribution in [3.8, 4) is 5.75 Å². The van der Waals surface area contributed by atoms with Gasteiger partial charge in [0.2, 0.25) is 0 Å². The molecule has 0 atom stereocenters. The van der Waals surface area contributed by atoms with Crippen molar-refractivity contribution in [2.24, 2.45) is 0 Å². The third-order valence-corrected chi connectivity index (χ3v) is 11.1. The highest BCUT2D eigenvalue weighted by Gasteiger charge is 2.45. The zero-order valence-electron chi connectivity index (χ0n) is 18.9. The van der Waals surface area contributed by atoms with E-state index >= 15 is 0 Å². The number of fused-ring (bicyclic) bond motifs is 1. The van der Waals surface area contributed by atoms with Gasteiger partial charge in [0.15, 0.2) is 0 Å². The lowest BCUT2D eigenvalue weighted by Gasteiger charge is -2.33. The van der Waals surface area contributed by atoms with E-state index < -0.39 is 7.26 Å². The molecule has 0 spiro atoms. The Bertz CT molecular complexity index is 1090. The van der Waals surface area contributed by atoms with Crippen molar-refractivity contribution in [1.29, 1.82) is 0 Å². The van der Waals surface area contributed by atoms with Crippen LogP contribution >= 0.6 is 7.26 Å². The predicted octanol–water partition coefficient (Wildman–Crippen LogP) is 6.24. The molecule has 1 aliphatic rings. The first-order valence-corrected chi connectivity index (χ1v) is 13.4. The molecular formula is C30H30OP+. The summed E-state index contributed by atoms with van der Waals surface area (Å²) in [5.74, 6) is 1.05. The van der Waals surface area contributed by atoms with Gasteiger partial charge >= 0.3 is 0 Å². The molecule has 2 heteroatoms. The van der Waals surface area contributed by atoms with Gasteiger partial charge < -0.3 is 4.74 Å². The first-order chi connectivity index (χ1) is 15.6. The molecule has 4 aromatic rings. The number of hydrogen-bond donors (Lipinski definition) is 0. The highest BCUT2D eigenvalue weighted by molar-refractivity contribution is 7.95. The Kier molecular flexibility index (Phi) is 5.62. The molecule has 0 aromatic heterocycles. The van der Waals surface area contributed by atoms with Crippen LogP contribution in [0.25, 0.3) is 0 Å². The van der Waals surface area contributed by atoms with Crippen LogP contribution in [0.5, 0.6) is 5.75 Å². The molecule has 1 aliphatic heterocycles. The van der Waals surface area contributed by atoms with Gasteiger partial charge in [-0.15, -0.1) is 0 Å². The largest absolute Gasteiger partial charge is 0.493 e. The van der Waals surface area contributed by atoms with Crippen LogP contribution in [0.3, 0.4) is 0 Å². The highest BCUT2D eigenvalue weighted by Crippen LogP contribution is 2.58. The SMILES string of the molecule is CC1(C)CCOc2ccc(C[P+](c3ccccc3)(c3ccccc3)c3ccccc3)cc21. The van der Waals surface area contributed by atoms with Gasteiger partial charge in [0, 0.05) is 5.56 Å². The zero-order valence-corrected chi connectivity index (χ0v) is 19.8. The number of rotatable bonds is 5. The molecule has 0 saturated heterocycles. The average Bonchev–Trinajstić information content (AvgIpc) is 2.84. The van der Waals surface area contributed by atoms with Crippen LogP contribution in [0.1, 0.15) is 31.4 Å². The maximum atomic E-state index is 6.01. The second kappa shape index (κ2) is 8.57. The Morgan fingerprint density at radius 1 is 0.688 bits per heavy atom. The molecular weight excluding hydrogens is 407 g/mol. The summed E-state index contributed by atoms with van der Waals surface area (Å²) in [5.41, 5.74) is 2.86. The summed E-state index contributed by atoms with van der Waals surface area (Å²) in [6, 6.07) is 40.2.